The maximum absolute atomic E-state index is 11.1. The molecule has 1 aromatic carbocycles. The summed E-state index contributed by atoms with van der Waals surface area (Å²) in [5, 5.41) is 11.1. The van der Waals surface area contributed by atoms with Crippen LogP contribution in [-0.4, -0.2) is 4.92 Å². The molecule has 3 nitrogen and oxygen atoms in total. The Morgan fingerprint density at radius 1 is 1.00 bits per heavy atom. The van der Waals surface area contributed by atoms with E-state index in [0.29, 0.717) is 11.8 Å². The van der Waals surface area contributed by atoms with Gasteiger partial charge in [-0.15, -0.1) is 0 Å². The van der Waals surface area contributed by atoms with Gasteiger partial charge in [-0.3, -0.25) is 10.1 Å². The Morgan fingerprint density at radius 2 is 1.60 bits per heavy atom. The minimum atomic E-state index is -0.261. The summed E-state index contributed by atoms with van der Waals surface area (Å²) in [6, 6.07) is 7.14. The summed E-state index contributed by atoms with van der Waals surface area (Å²) in [7, 11) is 0. The first-order valence-electron chi connectivity index (χ1n) is 7.65. The van der Waals surface area contributed by atoms with E-state index in [0.717, 1.165) is 17.4 Å². The van der Waals surface area contributed by atoms with Crippen LogP contribution in [0.4, 0.5) is 5.69 Å². The summed E-state index contributed by atoms with van der Waals surface area (Å²) in [4.78, 5) is 10.9. The molecular weight excluding hydrogens is 250 g/mol. The molecule has 104 valence electrons. The number of hydrogen-bond acceptors (Lipinski definition) is 2. The number of rotatable bonds is 2. The molecule has 0 amide bonds. The third kappa shape index (κ3) is 1.88. The van der Waals surface area contributed by atoms with Crippen LogP contribution in [0.25, 0.3) is 6.08 Å². The molecule has 0 heterocycles. The summed E-state index contributed by atoms with van der Waals surface area (Å²) >= 11 is 0. The fourth-order valence-corrected chi connectivity index (χ4v) is 4.92. The zero-order chi connectivity index (χ0) is 13.7. The molecular formula is C17H19NO2. The van der Waals surface area contributed by atoms with Gasteiger partial charge >= 0.3 is 0 Å². The van der Waals surface area contributed by atoms with Gasteiger partial charge in [-0.05, 0) is 67.9 Å². The Morgan fingerprint density at radius 3 is 2.20 bits per heavy atom. The lowest BCUT2D eigenvalue weighted by Gasteiger charge is -2.51. The smallest absolute Gasteiger partial charge is 0.258 e. The van der Waals surface area contributed by atoms with Crippen molar-refractivity contribution in [1.29, 1.82) is 0 Å². The zero-order valence-electron chi connectivity index (χ0n) is 11.5. The maximum atomic E-state index is 11.1. The average molecular weight is 269 g/mol. The molecule has 0 N–H and O–H groups in total. The van der Waals surface area contributed by atoms with Crippen molar-refractivity contribution >= 4 is 11.8 Å². The van der Waals surface area contributed by atoms with Crippen LogP contribution >= 0.6 is 0 Å². The largest absolute Gasteiger partial charge is 0.276 e. The van der Waals surface area contributed by atoms with Crippen LogP contribution in [0.1, 0.15) is 37.7 Å². The highest BCUT2D eigenvalue weighted by Crippen LogP contribution is 2.56. The molecule has 0 aliphatic heterocycles. The second kappa shape index (κ2) is 4.44. The van der Waals surface area contributed by atoms with E-state index >= 15 is 0 Å². The number of nitro groups is 1. The van der Waals surface area contributed by atoms with E-state index < -0.39 is 0 Å². The molecule has 4 aliphatic carbocycles. The van der Waals surface area contributed by atoms with Gasteiger partial charge < -0.3 is 0 Å². The molecule has 0 spiro atoms. The number of allylic oxidation sites excluding steroid dienone is 1. The molecule has 4 saturated carbocycles. The molecule has 20 heavy (non-hydrogen) atoms. The predicted molar refractivity (Wildman–Crippen MR) is 78.1 cm³/mol. The number of benzene rings is 1. The summed E-state index contributed by atoms with van der Waals surface area (Å²) in [6.07, 6.45) is 8.86. The first-order chi connectivity index (χ1) is 9.70. The lowest BCUT2D eigenvalue weighted by molar-refractivity contribution is -0.385. The Bertz CT molecular complexity index is 560. The van der Waals surface area contributed by atoms with Gasteiger partial charge in [0.15, 0.2) is 0 Å². The van der Waals surface area contributed by atoms with Crippen LogP contribution < -0.4 is 0 Å². The topological polar surface area (TPSA) is 43.1 Å². The van der Waals surface area contributed by atoms with Crippen LogP contribution in [-0.2, 0) is 0 Å². The summed E-state index contributed by atoms with van der Waals surface area (Å²) in [6.45, 7) is 0. The molecule has 0 aromatic heterocycles. The van der Waals surface area contributed by atoms with Crippen LogP contribution in [0.2, 0.25) is 0 Å². The molecule has 0 saturated heterocycles. The van der Waals surface area contributed by atoms with Crippen LogP contribution in [0, 0.1) is 33.8 Å². The Labute approximate surface area is 118 Å². The van der Waals surface area contributed by atoms with Crippen molar-refractivity contribution in [1.82, 2.24) is 0 Å². The first kappa shape index (κ1) is 12.1. The minimum absolute atomic E-state index is 0.244. The number of para-hydroxylation sites is 1. The van der Waals surface area contributed by atoms with E-state index in [1.165, 1.54) is 37.7 Å². The van der Waals surface area contributed by atoms with Crippen LogP contribution in [0.15, 0.2) is 29.8 Å². The highest BCUT2D eigenvalue weighted by molar-refractivity contribution is 5.64. The Balaban J connectivity index is 1.72. The summed E-state index contributed by atoms with van der Waals surface area (Å²) in [5.41, 5.74) is 2.54. The second-order valence-corrected chi connectivity index (χ2v) is 6.76. The SMILES string of the molecule is O=[N+]([O-])c1ccccc1C=C1C2CC3CC(C2)CC1C3. The normalized spacial score (nSPS) is 34.3. The standard InChI is InChI=1S/C17H19NO2/c19-18(20)17-4-2-1-3-13(17)10-16-14-6-11-5-12(8-14)9-15(16)7-11/h1-4,10-12,14-15H,5-9H2. The molecule has 0 unspecified atom stereocenters. The van der Waals surface area contributed by atoms with Gasteiger partial charge in [0.25, 0.3) is 5.69 Å². The van der Waals surface area contributed by atoms with Crippen molar-refractivity contribution in [2.45, 2.75) is 32.1 Å². The summed E-state index contributed by atoms with van der Waals surface area (Å²) < 4.78 is 0. The van der Waals surface area contributed by atoms with Gasteiger partial charge in [-0.25, -0.2) is 0 Å². The Hall–Kier alpha value is -1.64. The number of nitro benzene ring substituents is 1. The highest BCUT2D eigenvalue weighted by Gasteiger charge is 2.45. The third-order valence-corrected chi connectivity index (χ3v) is 5.54. The van der Waals surface area contributed by atoms with Gasteiger partial charge in [0.1, 0.15) is 0 Å². The fraction of sp³-hybridized carbons (Fsp3) is 0.529. The van der Waals surface area contributed by atoms with Crippen molar-refractivity contribution in [2.75, 3.05) is 0 Å². The van der Waals surface area contributed by atoms with Crippen molar-refractivity contribution in [2.24, 2.45) is 23.7 Å². The second-order valence-electron chi connectivity index (χ2n) is 6.76. The molecule has 3 heteroatoms. The van der Waals surface area contributed by atoms with Crippen molar-refractivity contribution < 1.29 is 4.92 Å². The maximum Gasteiger partial charge on any atom is 0.276 e. The van der Waals surface area contributed by atoms with Gasteiger partial charge in [0.05, 0.1) is 10.5 Å². The molecule has 0 radical (unpaired) electrons. The first-order valence-corrected chi connectivity index (χ1v) is 7.65. The van der Waals surface area contributed by atoms with Gasteiger partial charge in [0.2, 0.25) is 0 Å². The lowest BCUT2D eigenvalue weighted by atomic mass is 9.54. The van der Waals surface area contributed by atoms with Gasteiger partial charge in [-0.2, -0.15) is 0 Å². The zero-order valence-corrected chi connectivity index (χ0v) is 11.5. The minimum Gasteiger partial charge on any atom is -0.258 e. The van der Waals surface area contributed by atoms with E-state index in [9.17, 15) is 10.1 Å². The van der Waals surface area contributed by atoms with Crippen molar-refractivity contribution in [3.05, 3.63) is 45.5 Å². The van der Waals surface area contributed by atoms with Crippen molar-refractivity contribution in [3.63, 3.8) is 0 Å². The van der Waals surface area contributed by atoms with E-state index in [1.807, 2.05) is 12.1 Å². The monoisotopic (exact) mass is 269 g/mol. The van der Waals surface area contributed by atoms with E-state index in [-0.39, 0.29) is 10.6 Å². The van der Waals surface area contributed by atoms with Gasteiger partial charge in [0, 0.05) is 6.07 Å². The number of nitrogens with zero attached hydrogens (tertiary/aromatic N) is 1. The molecule has 0 atom stereocenters. The van der Waals surface area contributed by atoms with E-state index in [1.54, 1.807) is 12.1 Å². The lowest BCUT2D eigenvalue weighted by Crippen LogP contribution is -2.40. The molecule has 1 aromatic rings. The fourth-order valence-electron chi connectivity index (χ4n) is 4.92. The highest BCUT2D eigenvalue weighted by atomic mass is 16.6. The van der Waals surface area contributed by atoms with Crippen LogP contribution in [0.3, 0.4) is 0 Å². The average Bonchev–Trinajstić information content (AvgIpc) is 2.42. The summed E-state index contributed by atoms with van der Waals surface area (Å²) in [5.74, 6) is 3.26. The molecule has 5 rings (SSSR count). The predicted octanol–water partition coefficient (Wildman–Crippen LogP) is 4.43. The van der Waals surface area contributed by atoms with Crippen molar-refractivity contribution in [3.8, 4) is 0 Å². The van der Waals surface area contributed by atoms with E-state index in [4.69, 9.17) is 0 Å². The Kier molecular flexibility index (Phi) is 2.69. The quantitative estimate of drug-likeness (QED) is 0.588. The molecule has 4 fully saturated rings. The molecule has 4 bridgehead atoms. The van der Waals surface area contributed by atoms with E-state index in [2.05, 4.69) is 6.08 Å². The molecule has 4 aliphatic rings. The van der Waals surface area contributed by atoms with Gasteiger partial charge in [-0.1, -0.05) is 17.7 Å². The third-order valence-electron chi connectivity index (χ3n) is 5.54. The van der Waals surface area contributed by atoms with Crippen LogP contribution in [0.5, 0.6) is 0 Å². The number of hydrogen-bond donors (Lipinski definition) is 0.